The summed E-state index contributed by atoms with van der Waals surface area (Å²) in [5, 5.41) is 12.5. The molecule has 4 heteroatoms. The lowest BCUT2D eigenvalue weighted by atomic mass is 9.78. The Bertz CT molecular complexity index is 483. The van der Waals surface area contributed by atoms with Gasteiger partial charge in [-0.25, -0.2) is 0 Å². The number of benzene rings is 1. The summed E-state index contributed by atoms with van der Waals surface area (Å²) in [5.41, 5.74) is 6.93. The van der Waals surface area contributed by atoms with Crippen molar-refractivity contribution in [3.05, 3.63) is 29.8 Å². The minimum Gasteiger partial charge on any atom is -0.370 e. The van der Waals surface area contributed by atoms with Crippen LogP contribution in [0, 0.1) is 11.3 Å². The van der Waals surface area contributed by atoms with Crippen molar-refractivity contribution < 1.29 is 4.79 Å². The predicted octanol–water partition coefficient (Wildman–Crippen LogP) is 2.35. The summed E-state index contributed by atoms with van der Waals surface area (Å²) in [6, 6.07) is 10.4. The zero-order chi connectivity index (χ0) is 13.7. The molecule has 1 aromatic carbocycles. The van der Waals surface area contributed by atoms with E-state index in [-0.39, 0.29) is 11.4 Å². The van der Waals surface area contributed by atoms with Gasteiger partial charge in [0, 0.05) is 12.1 Å². The van der Waals surface area contributed by atoms with E-state index < -0.39 is 0 Å². The van der Waals surface area contributed by atoms with Crippen molar-refractivity contribution in [2.75, 3.05) is 5.32 Å². The molecule has 0 radical (unpaired) electrons. The van der Waals surface area contributed by atoms with Crippen molar-refractivity contribution >= 4 is 11.6 Å². The molecule has 1 aliphatic rings. The lowest BCUT2D eigenvalue weighted by Crippen LogP contribution is -2.43. The normalized spacial score (nSPS) is 16.2. The van der Waals surface area contributed by atoms with E-state index in [2.05, 4.69) is 11.4 Å². The summed E-state index contributed by atoms with van der Waals surface area (Å²) in [6.07, 6.45) is 5.02. The molecule has 4 nitrogen and oxygen atoms in total. The summed E-state index contributed by atoms with van der Waals surface area (Å²) in [4.78, 5) is 10.7. The Morgan fingerprint density at radius 3 is 2.53 bits per heavy atom. The maximum atomic E-state index is 10.7. The molecular weight excluding hydrogens is 238 g/mol. The Balaban J connectivity index is 1.88. The van der Waals surface area contributed by atoms with Crippen LogP contribution in [0.3, 0.4) is 0 Å². The maximum absolute atomic E-state index is 10.7. The van der Waals surface area contributed by atoms with Crippen LogP contribution >= 0.6 is 0 Å². The van der Waals surface area contributed by atoms with E-state index >= 15 is 0 Å². The number of rotatable bonds is 6. The molecule has 3 N–H and O–H groups in total. The van der Waals surface area contributed by atoms with Crippen LogP contribution in [0.25, 0.3) is 0 Å². The Morgan fingerprint density at radius 1 is 1.37 bits per heavy atom. The van der Waals surface area contributed by atoms with Crippen molar-refractivity contribution in [3.8, 4) is 6.07 Å². The molecule has 0 atom stereocenters. The number of nitrogens with one attached hydrogen (secondary N) is 1. The molecule has 0 heterocycles. The number of nitrogens with two attached hydrogens (primary N) is 1. The van der Waals surface area contributed by atoms with Crippen molar-refractivity contribution in [1.82, 2.24) is 0 Å². The van der Waals surface area contributed by atoms with Crippen LogP contribution in [0.15, 0.2) is 24.3 Å². The van der Waals surface area contributed by atoms with Gasteiger partial charge in [0.15, 0.2) is 0 Å². The number of hydrogen-bond donors (Lipinski definition) is 2. The number of amides is 1. The number of aryl methyl sites for hydroxylation is 1. The Labute approximate surface area is 113 Å². The number of carbonyl (C=O) groups excluding carboxylic acids is 1. The number of hydrogen-bond acceptors (Lipinski definition) is 3. The Kier molecular flexibility index (Phi) is 4.06. The highest BCUT2D eigenvalue weighted by Crippen LogP contribution is 2.34. The summed E-state index contributed by atoms with van der Waals surface area (Å²) in [6.45, 7) is 0. The largest absolute Gasteiger partial charge is 0.370 e. The van der Waals surface area contributed by atoms with Gasteiger partial charge in [-0.15, -0.1) is 0 Å². The molecule has 1 aromatic rings. The van der Waals surface area contributed by atoms with Gasteiger partial charge in [-0.1, -0.05) is 12.1 Å². The smallest absolute Gasteiger partial charge is 0.217 e. The summed E-state index contributed by atoms with van der Waals surface area (Å²) in [7, 11) is 0. The molecule has 0 saturated heterocycles. The fourth-order valence-corrected chi connectivity index (χ4v) is 2.29. The third kappa shape index (κ3) is 3.47. The van der Waals surface area contributed by atoms with Crippen LogP contribution in [0.2, 0.25) is 0 Å². The molecule has 0 aliphatic heterocycles. The summed E-state index contributed by atoms with van der Waals surface area (Å²) in [5.74, 6) is -0.251. The molecule has 100 valence electrons. The highest BCUT2D eigenvalue weighted by Gasteiger charge is 2.36. The zero-order valence-electron chi connectivity index (χ0n) is 11.0. The van der Waals surface area contributed by atoms with Crippen LogP contribution in [-0.2, 0) is 11.2 Å². The third-order valence-electron chi connectivity index (χ3n) is 3.65. The Morgan fingerprint density at radius 2 is 2.05 bits per heavy atom. The second-order valence-electron chi connectivity index (χ2n) is 5.19. The third-order valence-corrected chi connectivity index (χ3v) is 3.65. The van der Waals surface area contributed by atoms with Gasteiger partial charge < -0.3 is 11.1 Å². The molecule has 1 amide bonds. The number of nitriles is 1. The van der Waals surface area contributed by atoms with E-state index in [1.165, 1.54) is 5.56 Å². The van der Waals surface area contributed by atoms with Gasteiger partial charge in [-0.2, -0.15) is 5.26 Å². The predicted molar refractivity (Wildman–Crippen MR) is 74.4 cm³/mol. The van der Waals surface area contributed by atoms with Gasteiger partial charge in [-0.05, 0) is 49.8 Å². The first-order valence-corrected chi connectivity index (χ1v) is 6.70. The number of anilines is 1. The lowest BCUT2D eigenvalue weighted by Gasteiger charge is -2.36. The van der Waals surface area contributed by atoms with Crippen molar-refractivity contribution in [1.29, 1.82) is 5.26 Å². The van der Waals surface area contributed by atoms with Crippen LogP contribution in [-0.4, -0.2) is 11.4 Å². The van der Waals surface area contributed by atoms with Crippen molar-refractivity contribution in [3.63, 3.8) is 0 Å². The van der Waals surface area contributed by atoms with E-state index in [9.17, 15) is 4.79 Å². The van der Waals surface area contributed by atoms with Gasteiger partial charge in [0.05, 0.1) is 6.07 Å². The van der Waals surface area contributed by atoms with E-state index in [0.29, 0.717) is 6.42 Å². The monoisotopic (exact) mass is 257 g/mol. The summed E-state index contributed by atoms with van der Waals surface area (Å²) < 4.78 is 0. The van der Waals surface area contributed by atoms with Crippen LogP contribution in [0.4, 0.5) is 5.69 Å². The van der Waals surface area contributed by atoms with Gasteiger partial charge >= 0.3 is 0 Å². The van der Waals surface area contributed by atoms with E-state index in [0.717, 1.165) is 37.8 Å². The molecule has 0 bridgehead atoms. The van der Waals surface area contributed by atoms with Crippen LogP contribution in [0.5, 0.6) is 0 Å². The van der Waals surface area contributed by atoms with E-state index in [4.69, 9.17) is 11.0 Å². The molecule has 0 aromatic heterocycles. The van der Waals surface area contributed by atoms with Crippen molar-refractivity contribution in [2.24, 2.45) is 5.73 Å². The van der Waals surface area contributed by atoms with Crippen LogP contribution in [0.1, 0.15) is 37.7 Å². The lowest BCUT2D eigenvalue weighted by molar-refractivity contribution is -0.118. The Hall–Kier alpha value is -2.02. The highest BCUT2D eigenvalue weighted by molar-refractivity contribution is 5.73. The molecule has 1 saturated carbocycles. The standard InChI is InChI=1S/C15H19N3O/c16-11-15(9-2-10-15)18-13-7-5-12(6-8-13)3-1-4-14(17)19/h5-8,18H,1-4,9-10H2,(H2,17,19). The first-order chi connectivity index (χ1) is 9.13. The van der Waals surface area contributed by atoms with Gasteiger partial charge in [0.2, 0.25) is 5.91 Å². The van der Waals surface area contributed by atoms with Crippen LogP contribution < -0.4 is 11.1 Å². The van der Waals surface area contributed by atoms with E-state index in [1.807, 2.05) is 24.3 Å². The first-order valence-electron chi connectivity index (χ1n) is 6.70. The number of primary amides is 1. The number of carbonyl (C=O) groups is 1. The second kappa shape index (κ2) is 5.75. The molecule has 19 heavy (non-hydrogen) atoms. The fourth-order valence-electron chi connectivity index (χ4n) is 2.29. The summed E-state index contributed by atoms with van der Waals surface area (Å²) >= 11 is 0. The average Bonchev–Trinajstić information content (AvgIpc) is 2.35. The quantitative estimate of drug-likeness (QED) is 0.821. The zero-order valence-corrected chi connectivity index (χ0v) is 11.0. The molecule has 2 rings (SSSR count). The highest BCUT2D eigenvalue weighted by atomic mass is 16.1. The number of nitrogens with zero attached hydrogens (tertiary/aromatic N) is 1. The second-order valence-corrected chi connectivity index (χ2v) is 5.19. The SMILES string of the molecule is N#CC1(Nc2ccc(CCCC(N)=O)cc2)CCC1. The molecule has 1 aliphatic carbocycles. The first kappa shape index (κ1) is 13.4. The average molecular weight is 257 g/mol. The van der Waals surface area contributed by atoms with E-state index in [1.54, 1.807) is 0 Å². The molecule has 0 spiro atoms. The molecule has 1 fully saturated rings. The minimum absolute atomic E-state index is 0.251. The maximum Gasteiger partial charge on any atom is 0.217 e. The van der Waals surface area contributed by atoms with Gasteiger partial charge in [0.1, 0.15) is 5.54 Å². The molecular formula is C15H19N3O. The topological polar surface area (TPSA) is 78.9 Å². The van der Waals surface area contributed by atoms with Gasteiger partial charge in [-0.3, -0.25) is 4.79 Å². The minimum atomic E-state index is -0.354. The van der Waals surface area contributed by atoms with Gasteiger partial charge in [0.25, 0.3) is 0 Å². The fraction of sp³-hybridized carbons (Fsp3) is 0.467. The molecule has 0 unspecified atom stereocenters. The van der Waals surface area contributed by atoms with Crippen molar-refractivity contribution in [2.45, 2.75) is 44.1 Å².